The smallest absolute Gasteiger partial charge is 0.446 e. The summed E-state index contributed by atoms with van der Waals surface area (Å²) in [5.74, 6) is -0.937. The van der Waals surface area contributed by atoms with Crippen LogP contribution in [0.2, 0.25) is 5.02 Å². The number of hydrogen-bond acceptors (Lipinski definition) is 8. The van der Waals surface area contributed by atoms with E-state index in [1.54, 1.807) is 0 Å². The first-order chi connectivity index (χ1) is 12.5. The van der Waals surface area contributed by atoms with Gasteiger partial charge in [-0.05, 0) is 18.2 Å². The van der Waals surface area contributed by atoms with Crippen molar-refractivity contribution in [1.29, 1.82) is 0 Å². The summed E-state index contributed by atoms with van der Waals surface area (Å²) in [6, 6.07) is 3.74. The molecule has 13 heteroatoms. The summed E-state index contributed by atoms with van der Waals surface area (Å²) in [4.78, 5) is 22.5. The highest BCUT2D eigenvalue weighted by molar-refractivity contribution is 7.99. The molecular formula is C13H9ClFN5O4S2. The maximum absolute atomic E-state index is 13.4. The Hall–Kier alpha value is -2.44. The lowest BCUT2D eigenvalue weighted by Crippen LogP contribution is -2.23. The van der Waals surface area contributed by atoms with Gasteiger partial charge in [0, 0.05) is 12.3 Å². The van der Waals surface area contributed by atoms with Crippen LogP contribution in [0.5, 0.6) is 0 Å². The fourth-order valence-electron chi connectivity index (χ4n) is 1.97. The van der Waals surface area contributed by atoms with E-state index >= 15 is 0 Å². The number of halogens is 2. The lowest BCUT2D eigenvalue weighted by Gasteiger charge is -2.05. The van der Waals surface area contributed by atoms with Gasteiger partial charge in [0.05, 0.1) is 22.4 Å². The molecule has 0 saturated carbocycles. The summed E-state index contributed by atoms with van der Waals surface area (Å²) in [7, 11) is 0. The Balaban J connectivity index is 1.92. The first-order valence-electron chi connectivity index (χ1n) is 6.94. The molecular weight excluding hydrogens is 409 g/mol. The van der Waals surface area contributed by atoms with Crippen LogP contribution in [0.3, 0.4) is 0 Å². The Morgan fingerprint density at radius 1 is 1.46 bits per heavy atom. The lowest BCUT2D eigenvalue weighted by atomic mass is 10.3. The third-order valence-corrected chi connectivity index (χ3v) is 4.95. The molecule has 0 bridgehead atoms. The van der Waals surface area contributed by atoms with E-state index in [-0.39, 0.29) is 23.1 Å². The zero-order valence-corrected chi connectivity index (χ0v) is 15.1. The number of aromatic nitrogens is 4. The fraction of sp³-hybridized carbons (Fsp3) is 0.154. The van der Waals surface area contributed by atoms with E-state index in [4.69, 9.17) is 21.2 Å². The number of carboxylic acid groups (broad SMARTS) is 1. The van der Waals surface area contributed by atoms with Gasteiger partial charge in [0.15, 0.2) is 5.69 Å². The number of thioether (sulfide) groups is 1. The highest BCUT2D eigenvalue weighted by Crippen LogP contribution is 2.29. The van der Waals surface area contributed by atoms with Crippen molar-refractivity contribution in [2.45, 2.75) is 5.03 Å². The number of nitrogens with one attached hydrogen (secondary N) is 1. The monoisotopic (exact) mass is 417 g/mol. The van der Waals surface area contributed by atoms with Crippen molar-refractivity contribution < 1.29 is 18.8 Å². The molecule has 26 heavy (non-hydrogen) atoms. The second-order valence-electron chi connectivity index (χ2n) is 4.70. The van der Waals surface area contributed by atoms with E-state index in [9.17, 15) is 14.0 Å². The van der Waals surface area contributed by atoms with Crippen LogP contribution >= 0.6 is 35.1 Å². The summed E-state index contributed by atoms with van der Waals surface area (Å²) >= 11 is 7.92. The molecule has 3 aromatic rings. The number of hydrogen-bond donors (Lipinski definition) is 2. The molecule has 9 nitrogen and oxygen atoms in total. The maximum atomic E-state index is 13.4. The van der Waals surface area contributed by atoms with Crippen molar-refractivity contribution in [2.24, 2.45) is 0 Å². The molecule has 0 fully saturated rings. The molecule has 0 aliphatic heterocycles. The van der Waals surface area contributed by atoms with Crippen LogP contribution in [-0.4, -0.2) is 42.0 Å². The number of rotatable bonds is 6. The summed E-state index contributed by atoms with van der Waals surface area (Å²) in [6.07, 6.45) is -1.12. The molecule has 1 aromatic carbocycles. The average Bonchev–Trinajstić information content (AvgIpc) is 3.20. The molecule has 1 amide bonds. The summed E-state index contributed by atoms with van der Waals surface area (Å²) < 4.78 is 27.4. The number of benzene rings is 1. The first kappa shape index (κ1) is 18.4. The molecule has 136 valence electrons. The molecule has 0 saturated heterocycles. The van der Waals surface area contributed by atoms with Gasteiger partial charge in [-0.15, -0.1) is 11.8 Å². The quantitative estimate of drug-likeness (QED) is 0.463. The van der Waals surface area contributed by atoms with E-state index in [0.717, 1.165) is 22.4 Å². The third-order valence-electron chi connectivity index (χ3n) is 3.05. The fourth-order valence-corrected chi connectivity index (χ4v) is 3.63. The summed E-state index contributed by atoms with van der Waals surface area (Å²) in [6.45, 7) is 0.205. The van der Waals surface area contributed by atoms with Crippen molar-refractivity contribution in [3.05, 3.63) is 39.6 Å². The molecule has 3 rings (SSSR count). The average molecular weight is 418 g/mol. The van der Waals surface area contributed by atoms with E-state index in [2.05, 4.69) is 19.2 Å². The molecule has 2 aromatic heterocycles. The maximum Gasteiger partial charge on any atom is 0.446 e. The molecule has 0 aliphatic rings. The molecule has 0 unspecified atom stereocenters. The second kappa shape index (κ2) is 7.85. The predicted octanol–water partition coefficient (Wildman–Crippen LogP) is 2.50. The first-order valence-corrected chi connectivity index (χ1v) is 9.03. The van der Waals surface area contributed by atoms with Gasteiger partial charge in [-0.2, -0.15) is 8.75 Å². The van der Waals surface area contributed by atoms with Crippen LogP contribution in [0, 0.1) is 5.82 Å². The van der Waals surface area contributed by atoms with E-state index in [0.29, 0.717) is 16.5 Å². The van der Waals surface area contributed by atoms with Crippen LogP contribution in [0.15, 0.2) is 32.5 Å². The van der Waals surface area contributed by atoms with Gasteiger partial charge in [-0.3, -0.25) is 4.52 Å². The van der Waals surface area contributed by atoms with Crippen LogP contribution in [0.4, 0.5) is 9.18 Å². The summed E-state index contributed by atoms with van der Waals surface area (Å²) in [5, 5.41) is 14.8. The molecule has 0 aliphatic carbocycles. The normalized spacial score (nSPS) is 10.8. The van der Waals surface area contributed by atoms with Crippen molar-refractivity contribution in [3.63, 3.8) is 0 Å². The lowest BCUT2D eigenvalue weighted by molar-refractivity contribution is 0.195. The molecule has 0 radical (unpaired) electrons. The standard InChI is InChI=1S/C13H9ClFN5O4S2/c14-7-5-6(1-2-8(7)15)20-10(17-24-13(20)23)9-11(19-26-18-9)25-4-3-16-12(21)22/h1-2,5,16H,3-4H2,(H,21,22). The number of nitrogens with zero attached hydrogens (tertiary/aromatic N) is 4. The zero-order valence-electron chi connectivity index (χ0n) is 12.7. The van der Waals surface area contributed by atoms with E-state index < -0.39 is 17.7 Å². The van der Waals surface area contributed by atoms with Crippen molar-refractivity contribution >= 4 is 41.2 Å². The van der Waals surface area contributed by atoms with Gasteiger partial charge >= 0.3 is 11.8 Å². The molecule has 2 N–H and O–H groups in total. The van der Waals surface area contributed by atoms with Gasteiger partial charge in [0.2, 0.25) is 5.82 Å². The molecule has 0 spiro atoms. The Labute approximate surface area is 158 Å². The predicted molar refractivity (Wildman–Crippen MR) is 92.7 cm³/mol. The Kier molecular flexibility index (Phi) is 5.54. The van der Waals surface area contributed by atoms with Crippen molar-refractivity contribution in [1.82, 2.24) is 23.8 Å². The van der Waals surface area contributed by atoms with Gasteiger partial charge in [0.1, 0.15) is 10.8 Å². The topological polar surface area (TPSA) is 123 Å². The number of carbonyl (C=O) groups is 1. The van der Waals surface area contributed by atoms with Crippen LogP contribution in [0.1, 0.15) is 0 Å². The van der Waals surface area contributed by atoms with Crippen molar-refractivity contribution in [3.8, 4) is 17.2 Å². The highest BCUT2D eigenvalue weighted by Gasteiger charge is 2.22. The van der Waals surface area contributed by atoms with Gasteiger partial charge in [-0.1, -0.05) is 16.8 Å². The second-order valence-corrected chi connectivity index (χ2v) is 6.72. The zero-order chi connectivity index (χ0) is 18.7. The van der Waals surface area contributed by atoms with Gasteiger partial charge < -0.3 is 10.4 Å². The highest BCUT2D eigenvalue weighted by atomic mass is 35.5. The largest absolute Gasteiger partial charge is 0.465 e. The summed E-state index contributed by atoms with van der Waals surface area (Å²) in [5.41, 5.74) is 0.552. The van der Waals surface area contributed by atoms with Crippen LogP contribution in [0.25, 0.3) is 17.2 Å². The Morgan fingerprint density at radius 2 is 2.27 bits per heavy atom. The van der Waals surface area contributed by atoms with E-state index in [1.807, 2.05) is 0 Å². The third kappa shape index (κ3) is 3.86. The number of amides is 1. The molecule has 2 heterocycles. The van der Waals surface area contributed by atoms with Crippen LogP contribution < -0.4 is 11.1 Å². The van der Waals surface area contributed by atoms with Gasteiger partial charge in [0.25, 0.3) is 0 Å². The minimum Gasteiger partial charge on any atom is -0.465 e. The Bertz CT molecular complexity index is 1000. The van der Waals surface area contributed by atoms with Crippen molar-refractivity contribution in [2.75, 3.05) is 12.3 Å². The Morgan fingerprint density at radius 3 is 3.00 bits per heavy atom. The minimum atomic E-state index is -1.12. The minimum absolute atomic E-state index is 0.0834. The van der Waals surface area contributed by atoms with Gasteiger partial charge in [-0.25, -0.2) is 18.5 Å². The molecule has 0 atom stereocenters. The van der Waals surface area contributed by atoms with Crippen LogP contribution in [-0.2, 0) is 0 Å². The SMILES string of the molecule is O=C(O)NCCSc1nsnc1-c1noc(=O)n1-c1ccc(F)c(Cl)c1. The van der Waals surface area contributed by atoms with E-state index in [1.165, 1.54) is 23.9 Å².